The van der Waals surface area contributed by atoms with Gasteiger partial charge in [0.1, 0.15) is 11.5 Å². The van der Waals surface area contributed by atoms with Gasteiger partial charge in [0.15, 0.2) is 5.76 Å². The minimum Gasteiger partial charge on any atom is -0.452 e. The molecule has 0 saturated heterocycles. The van der Waals surface area contributed by atoms with E-state index in [1.54, 1.807) is 45.0 Å². The molecule has 0 fully saturated rings. The lowest BCUT2D eigenvalue weighted by atomic mass is 9.97. The Morgan fingerprint density at radius 3 is 2.60 bits per heavy atom. The second-order valence-corrected chi connectivity index (χ2v) is 7.71. The first-order valence-corrected chi connectivity index (χ1v) is 8.59. The van der Waals surface area contributed by atoms with Gasteiger partial charge >= 0.3 is 5.97 Å². The first-order valence-electron chi connectivity index (χ1n) is 7.80. The minimum absolute atomic E-state index is 0.191. The molecule has 0 aliphatic carbocycles. The van der Waals surface area contributed by atoms with Crippen LogP contribution in [0, 0.1) is 5.41 Å². The predicted octanol–water partition coefficient (Wildman–Crippen LogP) is 5.02. The average Bonchev–Trinajstić information content (AvgIpc) is 2.82. The molecule has 0 saturated carbocycles. The summed E-state index contributed by atoms with van der Waals surface area (Å²) in [6, 6.07) is 12.4. The highest BCUT2D eigenvalue weighted by atomic mass is 79.9. The van der Waals surface area contributed by atoms with Crippen molar-refractivity contribution in [2.45, 2.75) is 20.8 Å². The maximum Gasteiger partial charge on any atom is 0.316 e. The van der Waals surface area contributed by atoms with Gasteiger partial charge in [-0.1, -0.05) is 28.1 Å². The van der Waals surface area contributed by atoms with Crippen molar-refractivity contribution >= 4 is 33.8 Å². The maximum atomic E-state index is 12.5. The van der Waals surface area contributed by atoms with E-state index in [2.05, 4.69) is 15.9 Å². The molecule has 0 radical (unpaired) electrons. The highest BCUT2D eigenvalue weighted by Crippen LogP contribution is 2.35. The monoisotopic (exact) mass is 400 g/mol. The van der Waals surface area contributed by atoms with Crippen LogP contribution in [0.1, 0.15) is 36.7 Å². The number of halogens is 1. The molecule has 1 heterocycles. The van der Waals surface area contributed by atoms with Gasteiger partial charge in [-0.05, 0) is 56.7 Å². The molecular formula is C20H17BrO4. The van der Waals surface area contributed by atoms with Crippen LogP contribution >= 0.6 is 15.9 Å². The van der Waals surface area contributed by atoms with Gasteiger partial charge in [0, 0.05) is 10.5 Å². The van der Waals surface area contributed by atoms with Gasteiger partial charge in [0.05, 0.1) is 11.0 Å². The summed E-state index contributed by atoms with van der Waals surface area (Å²) in [5.74, 6) is 0.457. The molecule has 3 rings (SSSR count). The zero-order valence-electron chi connectivity index (χ0n) is 14.1. The number of ketones is 1. The van der Waals surface area contributed by atoms with Crippen LogP contribution in [0.3, 0.4) is 0 Å². The van der Waals surface area contributed by atoms with E-state index in [1.807, 2.05) is 24.3 Å². The molecular weight excluding hydrogens is 384 g/mol. The van der Waals surface area contributed by atoms with Crippen LogP contribution in [0.25, 0.3) is 6.08 Å². The number of allylic oxidation sites excluding steroid dienone is 1. The topological polar surface area (TPSA) is 52.6 Å². The summed E-state index contributed by atoms with van der Waals surface area (Å²) in [6.07, 6.45) is 1.69. The molecule has 0 amide bonds. The summed E-state index contributed by atoms with van der Waals surface area (Å²) in [4.78, 5) is 24.5. The van der Waals surface area contributed by atoms with Crippen molar-refractivity contribution in [1.82, 2.24) is 0 Å². The highest BCUT2D eigenvalue weighted by molar-refractivity contribution is 9.10. The standard InChI is InChI=1S/C20H17BrO4/c1-20(2,3)19(23)24-14-7-8-15-16(11-14)25-17(18(15)22)10-12-5-4-6-13(21)9-12/h4-11H,1-3H3/b17-10-. The Balaban J connectivity index is 1.85. The first kappa shape index (κ1) is 17.4. The molecule has 5 heteroatoms. The molecule has 0 bridgehead atoms. The van der Waals surface area contributed by atoms with Crippen molar-refractivity contribution in [3.05, 3.63) is 63.8 Å². The molecule has 0 unspecified atom stereocenters. The average molecular weight is 401 g/mol. The Morgan fingerprint density at radius 2 is 1.92 bits per heavy atom. The molecule has 2 aromatic carbocycles. The van der Waals surface area contributed by atoms with E-state index in [4.69, 9.17) is 9.47 Å². The number of hydrogen-bond acceptors (Lipinski definition) is 4. The molecule has 2 aromatic rings. The quantitative estimate of drug-likeness (QED) is 0.403. The van der Waals surface area contributed by atoms with Gasteiger partial charge in [0.25, 0.3) is 0 Å². The molecule has 1 aliphatic heterocycles. The number of benzene rings is 2. The van der Waals surface area contributed by atoms with Crippen LogP contribution < -0.4 is 9.47 Å². The molecule has 128 valence electrons. The third-order valence-corrected chi connectivity index (χ3v) is 4.10. The van der Waals surface area contributed by atoms with Crippen LogP contribution in [0.4, 0.5) is 0 Å². The Kier molecular flexibility index (Phi) is 4.52. The van der Waals surface area contributed by atoms with Crippen LogP contribution in [-0.2, 0) is 4.79 Å². The minimum atomic E-state index is -0.610. The maximum absolute atomic E-state index is 12.5. The van der Waals surface area contributed by atoms with Crippen LogP contribution in [-0.4, -0.2) is 11.8 Å². The van der Waals surface area contributed by atoms with Crippen molar-refractivity contribution in [3.8, 4) is 11.5 Å². The number of ether oxygens (including phenoxy) is 2. The van der Waals surface area contributed by atoms with E-state index < -0.39 is 5.41 Å². The van der Waals surface area contributed by atoms with Crippen molar-refractivity contribution < 1.29 is 19.1 Å². The van der Waals surface area contributed by atoms with Gasteiger partial charge in [-0.15, -0.1) is 0 Å². The normalized spacial score (nSPS) is 15.0. The number of carbonyl (C=O) groups is 2. The lowest BCUT2D eigenvalue weighted by Crippen LogP contribution is -2.25. The van der Waals surface area contributed by atoms with Crippen molar-refractivity contribution in [2.24, 2.45) is 5.41 Å². The Bertz CT molecular complexity index is 891. The molecule has 4 nitrogen and oxygen atoms in total. The zero-order valence-corrected chi connectivity index (χ0v) is 15.7. The SMILES string of the molecule is CC(C)(C)C(=O)Oc1ccc2c(c1)O/C(=C\c1cccc(Br)c1)C2=O. The van der Waals surface area contributed by atoms with E-state index in [1.165, 1.54) is 0 Å². The summed E-state index contributed by atoms with van der Waals surface area (Å²) < 4.78 is 11.9. The van der Waals surface area contributed by atoms with Gasteiger partial charge in [-0.3, -0.25) is 9.59 Å². The number of hydrogen-bond donors (Lipinski definition) is 0. The number of esters is 1. The molecule has 0 spiro atoms. The number of fused-ring (bicyclic) bond motifs is 1. The second-order valence-electron chi connectivity index (χ2n) is 6.79. The van der Waals surface area contributed by atoms with Crippen LogP contribution in [0.5, 0.6) is 11.5 Å². The van der Waals surface area contributed by atoms with E-state index in [0.29, 0.717) is 17.1 Å². The second kappa shape index (κ2) is 6.48. The van der Waals surface area contributed by atoms with Gasteiger partial charge in [0.2, 0.25) is 5.78 Å². The van der Waals surface area contributed by atoms with Crippen molar-refractivity contribution in [1.29, 1.82) is 0 Å². The van der Waals surface area contributed by atoms with Gasteiger partial charge < -0.3 is 9.47 Å². The summed E-state index contributed by atoms with van der Waals surface area (Å²) in [7, 11) is 0. The number of Topliss-reactive ketones (excluding diaryl/α,β-unsaturated/α-hetero) is 1. The first-order chi connectivity index (χ1) is 11.7. The number of carbonyl (C=O) groups excluding carboxylic acids is 2. The van der Waals surface area contributed by atoms with Crippen molar-refractivity contribution in [3.63, 3.8) is 0 Å². The fourth-order valence-corrected chi connectivity index (χ4v) is 2.66. The summed E-state index contributed by atoms with van der Waals surface area (Å²) in [6.45, 7) is 5.34. The summed E-state index contributed by atoms with van der Waals surface area (Å²) in [5, 5.41) is 0. The summed E-state index contributed by atoms with van der Waals surface area (Å²) >= 11 is 3.40. The van der Waals surface area contributed by atoms with E-state index in [9.17, 15) is 9.59 Å². The predicted molar refractivity (Wildman–Crippen MR) is 98.6 cm³/mol. The van der Waals surface area contributed by atoms with Crippen molar-refractivity contribution in [2.75, 3.05) is 0 Å². The third kappa shape index (κ3) is 3.82. The lowest BCUT2D eigenvalue weighted by Gasteiger charge is -2.16. The highest BCUT2D eigenvalue weighted by Gasteiger charge is 2.29. The summed E-state index contributed by atoms with van der Waals surface area (Å²) in [5.41, 5.74) is 0.697. The van der Waals surface area contributed by atoms with E-state index in [-0.39, 0.29) is 17.5 Å². The van der Waals surface area contributed by atoms with Gasteiger partial charge in [-0.2, -0.15) is 0 Å². The largest absolute Gasteiger partial charge is 0.452 e. The molecule has 25 heavy (non-hydrogen) atoms. The third-order valence-electron chi connectivity index (χ3n) is 3.61. The molecule has 0 aromatic heterocycles. The zero-order chi connectivity index (χ0) is 18.2. The smallest absolute Gasteiger partial charge is 0.316 e. The fourth-order valence-electron chi connectivity index (χ4n) is 2.24. The Morgan fingerprint density at radius 1 is 1.16 bits per heavy atom. The number of rotatable bonds is 2. The van der Waals surface area contributed by atoms with Gasteiger partial charge in [-0.25, -0.2) is 0 Å². The van der Waals surface area contributed by atoms with E-state index >= 15 is 0 Å². The Hall–Kier alpha value is -2.40. The van der Waals surface area contributed by atoms with Crippen LogP contribution in [0.2, 0.25) is 0 Å². The molecule has 0 atom stereocenters. The van der Waals surface area contributed by atoms with E-state index in [0.717, 1.165) is 10.0 Å². The molecule has 1 aliphatic rings. The lowest BCUT2D eigenvalue weighted by molar-refractivity contribution is -0.142. The van der Waals surface area contributed by atoms with Crippen LogP contribution in [0.15, 0.2) is 52.7 Å². The Labute approximate surface area is 154 Å². The fraction of sp³-hybridized carbons (Fsp3) is 0.200. The molecule has 0 N–H and O–H groups in total.